The lowest BCUT2D eigenvalue weighted by atomic mass is 10.00. The topological polar surface area (TPSA) is 41.6 Å². The van der Waals surface area contributed by atoms with E-state index in [4.69, 9.17) is 4.74 Å². The molecule has 2 heterocycles. The average molecular weight is 252 g/mol. The fourth-order valence-corrected chi connectivity index (χ4v) is 2.53. The summed E-state index contributed by atoms with van der Waals surface area (Å²) < 4.78 is 5.47. The van der Waals surface area contributed by atoms with Crippen LogP contribution < -0.4 is 5.32 Å². The summed E-state index contributed by atoms with van der Waals surface area (Å²) in [5.41, 5.74) is 1.39. The smallest absolute Gasteiger partial charge is 0.229 e. The second kappa shape index (κ2) is 6.34. The Kier molecular flexibility index (Phi) is 4.78. The third-order valence-electron chi connectivity index (χ3n) is 3.80. The van der Waals surface area contributed by atoms with Crippen LogP contribution in [-0.2, 0) is 9.53 Å². The minimum Gasteiger partial charge on any atom is -0.379 e. The lowest BCUT2D eigenvalue weighted by Crippen LogP contribution is -2.47. The maximum absolute atomic E-state index is 12.5. The van der Waals surface area contributed by atoms with Crippen molar-refractivity contribution in [3.63, 3.8) is 0 Å². The summed E-state index contributed by atoms with van der Waals surface area (Å²) in [6.45, 7) is 8.08. The maximum atomic E-state index is 12.5. The van der Waals surface area contributed by atoms with Gasteiger partial charge in [0.25, 0.3) is 0 Å². The van der Waals surface area contributed by atoms with Crippen LogP contribution in [0.5, 0.6) is 0 Å². The number of carbonyl (C=O) groups excluding carboxylic acids is 1. The maximum Gasteiger partial charge on any atom is 0.229 e. The first-order chi connectivity index (χ1) is 8.72. The van der Waals surface area contributed by atoms with Gasteiger partial charge in [-0.1, -0.05) is 18.6 Å². The van der Waals surface area contributed by atoms with E-state index in [1.54, 1.807) is 0 Å². The summed E-state index contributed by atoms with van der Waals surface area (Å²) in [6, 6.07) is 0.199. The van der Waals surface area contributed by atoms with Crippen molar-refractivity contribution in [2.75, 3.05) is 32.8 Å². The zero-order valence-electron chi connectivity index (χ0n) is 11.4. The normalized spacial score (nSPS) is 28.3. The Bertz CT molecular complexity index is 328. The van der Waals surface area contributed by atoms with Crippen LogP contribution in [-0.4, -0.2) is 49.7 Å². The van der Waals surface area contributed by atoms with Crippen molar-refractivity contribution in [3.8, 4) is 0 Å². The molecule has 2 rings (SSSR count). The molecule has 0 bridgehead atoms. The summed E-state index contributed by atoms with van der Waals surface area (Å²) in [5, 5.41) is 3.42. The van der Waals surface area contributed by atoms with Crippen molar-refractivity contribution in [1.82, 2.24) is 10.2 Å². The van der Waals surface area contributed by atoms with E-state index in [-0.39, 0.29) is 17.9 Å². The van der Waals surface area contributed by atoms with Crippen molar-refractivity contribution in [1.29, 1.82) is 0 Å². The van der Waals surface area contributed by atoms with Gasteiger partial charge in [-0.15, -0.1) is 0 Å². The van der Waals surface area contributed by atoms with Crippen molar-refractivity contribution in [3.05, 3.63) is 11.6 Å². The third kappa shape index (κ3) is 3.12. The van der Waals surface area contributed by atoms with Gasteiger partial charge in [-0.25, -0.2) is 0 Å². The summed E-state index contributed by atoms with van der Waals surface area (Å²) in [4.78, 5) is 14.4. The number of amides is 1. The summed E-state index contributed by atoms with van der Waals surface area (Å²) in [6.07, 6.45) is 4.25. The van der Waals surface area contributed by atoms with Crippen LogP contribution in [0, 0.1) is 5.92 Å². The molecule has 0 aliphatic carbocycles. The molecule has 102 valence electrons. The zero-order chi connectivity index (χ0) is 13.0. The average Bonchev–Trinajstić information content (AvgIpc) is 2.84. The first-order valence-corrected chi connectivity index (χ1v) is 6.98. The molecule has 18 heavy (non-hydrogen) atoms. The molecule has 0 aromatic heterocycles. The quantitative estimate of drug-likeness (QED) is 0.764. The molecule has 1 N–H and O–H groups in total. The van der Waals surface area contributed by atoms with Crippen LogP contribution in [0.4, 0.5) is 0 Å². The molecule has 1 saturated heterocycles. The molecule has 2 unspecified atom stereocenters. The molecular formula is C14H24N2O2. The Labute approximate surface area is 109 Å². The number of ether oxygens (including phenoxy) is 1. The zero-order valence-corrected chi connectivity index (χ0v) is 11.4. The highest BCUT2D eigenvalue weighted by Gasteiger charge is 2.36. The molecule has 0 aromatic rings. The Hall–Kier alpha value is -0.870. The standard InChI is InChI=1S/C14H24N2O2/c1-3-6-15-13-10-18-9-12(13)14(17)16-7-4-11(2)5-8-16/h4,12-13,15H,3,5-10H2,1-2H3. The van der Waals surface area contributed by atoms with Crippen molar-refractivity contribution in [2.24, 2.45) is 5.92 Å². The largest absolute Gasteiger partial charge is 0.379 e. The highest BCUT2D eigenvalue weighted by Crippen LogP contribution is 2.19. The first-order valence-electron chi connectivity index (χ1n) is 6.98. The summed E-state index contributed by atoms with van der Waals surface area (Å²) in [5.74, 6) is 0.258. The van der Waals surface area contributed by atoms with Gasteiger partial charge in [-0.2, -0.15) is 0 Å². The van der Waals surface area contributed by atoms with Gasteiger partial charge in [0.05, 0.1) is 19.1 Å². The molecular weight excluding hydrogens is 228 g/mol. The van der Waals surface area contributed by atoms with E-state index in [1.807, 2.05) is 4.90 Å². The van der Waals surface area contributed by atoms with Crippen LogP contribution in [0.15, 0.2) is 11.6 Å². The van der Waals surface area contributed by atoms with Crippen molar-refractivity contribution < 1.29 is 9.53 Å². The Morgan fingerprint density at radius 2 is 2.39 bits per heavy atom. The fourth-order valence-electron chi connectivity index (χ4n) is 2.53. The second-order valence-corrected chi connectivity index (χ2v) is 5.29. The Morgan fingerprint density at radius 3 is 3.06 bits per heavy atom. The lowest BCUT2D eigenvalue weighted by molar-refractivity contribution is -0.135. The van der Waals surface area contributed by atoms with Gasteiger partial charge in [0.15, 0.2) is 0 Å². The van der Waals surface area contributed by atoms with Crippen LogP contribution in [0.2, 0.25) is 0 Å². The van der Waals surface area contributed by atoms with E-state index in [2.05, 4.69) is 25.2 Å². The highest BCUT2D eigenvalue weighted by atomic mass is 16.5. The van der Waals surface area contributed by atoms with Gasteiger partial charge in [0, 0.05) is 19.1 Å². The molecule has 0 spiro atoms. The van der Waals surface area contributed by atoms with Crippen LogP contribution in [0.3, 0.4) is 0 Å². The Balaban J connectivity index is 1.91. The van der Waals surface area contributed by atoms with Gasteiger partial charge in [0.1, 0.15) is 0 Å². The lowest BCUT2D eigenvalue weighted by Gasteiger charge is -2.29. The third-order valence-corrected chi connectivity index (χ3v) is 3.80. The van der Waals surface area contributed by atoms with E-state index in [0.717, 1.165) is 32.5 Å². The molecule has 0 aromatic carbocycles. The number of rotatable bonds is 4. The molecule has 1 amide bonds. The summed E-state index contributed by atoms with van der Waals surface area (Å²) >= 11 is 0. The van der Waals surface area contributed by atoms with Gasteiger partial charge in [0.2, 0.25) is 5.91 Å². The van der Waals surface area contributed by atoms with E-state index in [0.29, 0.717) is 13.2 Å². The van der Waals surface area contributed by atoms with E-state index in [9.17, 15) is 4.79 Å². The summed E-state index contributed by atoms with van der Waals surface area (Å²) in [7, 11) is 0. The van der Waals surface area contributed by atoms with Crippen LogP contribution in [0.1, 0.15) is 26.7 Å². The molecule has 2 atom stereocenters. The molecule has 2 aliphatic heterocycles. The molecule has 0 radical (unpaired) electrons. The van der Waals surface area contributed by atoms with E-state index >= 15 is 0 Å². The molecule has 2 aliphatic rings. The molecule has 1 fully saturated rings. The van der Waals surface area contributed by atoms with Gasteiger partial charge in [-0.05, 0) is 26.3 Å². The molecule has 0 saturated carbocycles. The SMILES string of the molecule is CCCNC1COCC1C(=O)N1CC=C(C)CC1. The van der Waals surface area contributed by atoms with Gasteiger partial charge < -0.3 is 15.0 Å². The molecule has 4 nitrogen and oxygen atoms in total. The monoisotopic (exact) mass is 252 g/mol. The van der Waals surface area contributed by atoms with Gasteiger partial charge in [-0.3, -0.25) is 4.79 Å². The number of hydrogen-bond donors (Lipinski definition) is 1. The van der Waals surface area contributed by atoms with E-state index in [1.165, 1.54) is 5.57 Å². The van der Waals surface area contributed by atoms with Crippen LogP contribution in [0.25, 0.3) is 0 Å². The second-order valence-electron chi connectivity index (χ2n) is 5.29. The van der Waals surface area contributed by atoms with E-state index < -0.39 is 0 Å². The van der Waals surface area contributed by atoms with Crippen molar-refractivity contribution >= 4 is 5.91 Å². The number of nitrogens with zero attached hydrogens (tertiary/aromatic N) is 1. The van der Waals surface area contributed by atoms with Crippen molar-refractivity contribution in [2.45, 2.75) is 32.7 Å². The Morgan fingerprint density at radius 1 is 1.56 bits per heavy atom. The highest BCUT2D eigenvalue weighted by molar-refractivity contribution is 5.80. The molecule has 4 heteroatoms. The minimum atomic E-state index is 0.00311. The minimum absolute atomic E-state index is 0.00311. The fraction of sp³-hybridized carbons (Fsp3) is 0.786. The number of nitrogens with one attached hydrogen (secondary N) is 1. The number of carbonyl (C=O) groups is 1. The predicted octanol–water partition coefficient (Wildman–Crippen LogP) is 1.18. The number of hydrogen-bond acceptors (Lipinski definition) is 3. The van der Waals surface area contributed by atoms with Gasteiger partial charge >= 0.3 is 0 Å². The predicted molar refractivity (Wildman–Crippen MR) is 71.3 cm³/mol. The first kappa shape index (κ1) is 13.6. The van der Waals surface area contributed by atoms with Crippen LogP contribution >= 0.6 is 0 Å².